The van der Waals surface area contributed by atoms with E-state index in [-0.39, 0.29) is 35.9 Å². The van der Waals surface area contributed by atoms with Gasteiger partial charge in [-0.1, -0.05) is 25.3 Å². The van der Waals surface area contributed by atoms with Crippen molar-refractivity contribution in [2.45, 2.75) is 62.6 Å². The Labute approximate surface area is 173 Å². The molecule has 0 bridgehead atoms. The molecular weight excluding hydrogens is 380 g/mol. The Morgan fingerprint density at radius 1 is 1.18 bits per heavy atom. The number of ether oxygens (including phenoxy) is 3. The molecule has 3 N–H and O–H groups in total. The Morgan fingerprint density at radius 3 is 2.50 bits per heavy atom. The Bertz CT molecular complexity index is 649. The molecule has 1 saturated carbocycles. The summed E-state index contributed by atoms with van der Waals surface area (Å²) in [4.78, 5) is 12.6. The summed E-state index contributed by atoms with van der Waals surface area (Å²) < 4.78 is 16.6. The third-order valence-electron chi connectivity index (χ3n) is 6.07. The zero-order chi connectivity index (χ0) is 19.3. The predicted octanol–water partition coefficient (Wildman–Crippen LogP) is 2.95. The molecule has 3 rings (SSSR count). The van der Waals surface area contributed by atoms with Crippen LogP contribution in [0.2, 0.25) is 0 Å². The minimum Gasteiger partial charge on any atom is -0.493 e. The predicted molar refractivity (Wildman–Crippen MR) is 112 cm³/mol. The number of methoxy groups -OCH3 is 2. The Balaban J connectivity index is 0.00000280. The van der Waals surface area contributed by atoms with E-state index in [2.05, 4.69) is 17.4 Å². The van der Waals surface area contributed by atoms with Crippen LogP contribution in [0.3, 0.4) is 0 Å². The molecular formula is C21H33ClN2O4. The van der Waals surface area contributed by atoms with Crippen molar-refractivity contribution >= 4 is 18.3 Å². The molecule has 0 spiro atoms. The molecule has 1 aromatic carbocycles. The van der Waals surface area contributed by atoms with Crippen molar-refractivity contribution in [2.24, 2.45) is 5.73 Å². The first kappa shape index (κ1) is 22.8. The van der Waals surface area contributed by atoms with E-state index in [1.165, 1.54) is 24.8 Å². The fourth-order valence-electron chi connectivity index (χ4n) is 4.40. The standard InChI is InChI=1S/C21H32N2O4.ClH/c1-25-17-8-6-15(12-19(17)26-2)21(10-4-3-5-11-21)14-23-20(24)18-9-7-16(13-22)27-18;/h6,8,12,16,18H,3-5,7,9-11,13-14,22H2,1-2H3,(H,23,24);1H/t16-,18+;/m1./s1. The smallest absolute Gasteiger partial charge is 0.249 e. The fraction of sp³-hybridized carbons (Fsp3) is 0.667. The largest absolute Gasteiger partial charge is 0.493 e. The van der Waals surface area contributed by atoms with Crippen LogP contribution in [-0.4, -0.2) is 45.4 Å². The number of halogens is 1. The third-order valence-corrected chi connectivity index (χ3v) is 6.07. The number of hydrogen-bond donors (Lipinski definition) is 2. The molecule has 2 fully saturated rings. The Hall–Kier alpha value is -1.50. The molecule has 1 aliphatic carbocycles. The lowest BCUT2D eigenvalue weighted by molar-refractivity contribution is -0.132. The fourth-order valence-corrected chi connectivity index (χ4v) is 4.40. The minimum absolute atomic E-state index is 0. The highest BCUT2D eigenvalue weighted by Crippen LogP contribution is 2.42. The number of carbonyl (C=O) groups excluding carboxylic acids is 1. The van der Waals surface area contributed by atoms with Crippen LogP contribution in [0.25, 0.3) is 0 Å². The van der Waals surface area contributed by atoms with Crippen molar-refractivity contribution in [2.75, 3.05) is 27.3 Å². The maximum Gasteiger partial charge on any atom is 0.249 e. The van der Waals surface area contributed by atoms with Crippen LogP contribution < -0.4 is 20.5 Å². The first-order chi connectivity index (χ1) is 13.1. The van der Waals surface area contributed by atoms with Gasteiger partial charge in [0.25, 0.3) is 0 Å². The highest BCUT2D eigenvalue weighted by Gasteiger charge is 2.37. The number of benzene rings is 1. The molecule has 1 heterocycles. The van der Waals surface area contributed by atoms with E-state index in [9.17, 15) is 4.79 Å². The summed E-state index contributed by atoms with van der Waals surface area (Å²) in [5.74, 6) is 1.44. The third kappa shape index (κ3) is 4.91. The molecule has 2 aliphatic rings. The summed E-state index contributed by atoms with van der Waals surface area (Å²) in [6.07, 6.45) is 6.93. The van der Waals surface area contributed by atoms with E-state index >= 15 is 0 Å². The van der Waals surface area contributed by atoms with E-state index in [4.69, 9.17) is 19.9 Å². The van der Waals surface area contributed by atoms with E-state index in [0.717, 1.165) is 37.2 Å². The van der Waals surface area contributed by atoms with Gasteiger partial charge >= 0.3 is 0 Å². The summed E-state index contributed by atoms with van der Waals surface area (Å²) in [7, 11) is 3.30. The van der Waals surface area contributed by atoms with Crippen LogP contribution in [-0.2, 0) is 14.9 Å². The normalized spacial score (nSPS) is 23.5. The summed E-state index contributed by atoms with van der Waals surface area (Å²) in [5.41, 5.74) is 6.79. The van der Waals surface area contributed by atoms with Crippen LogP contribution in [0.1, 0.15) is 50.5 Å². The van der Waals surface area contributed by atoms with Crippen molar-refractivity contribution < 1.29 is 19.0 Å². The zero-order valence-electron chi connectivity index (χ0n) is 16.9. The molecule has 158 valence electrons. The van der Waals surface area contributed by atoms with Crippen molar-refractivity contribution in [3.8, 4) is 11.5 Å². The molecule has 0 aromatic heterocycles. The quantitative estimate of drug-likeness (QED) is 0.719. The summed E-state index contributed by atoms with van der Waals surface area (Å²) in [6.45, 7) is 1.09. The second-order valence-electron chi connectivity index (χ2n) is 7.69. The first-order valence-corrected chi connectivity index (χ1v) is 9.97. The van der Waals surface area contributed by atoms with Gasteiger partial charge in [0.15, 0.2) is 11.5 Å². The topological polar surface area (TPSA) is 82.8 Å². The molecule has 2 atom stereocenters. The molecule has 6 nitrogen and oxygen atoms in total. The van der Waals surface area contributed by atoms with Crippen molar-refractivity contribution in [1.82, 2.24) is 5.32 Å². The molecule has 7 heteroatoms. The lowest BCUT2D eigenvalue weighted by Gasteiger charge is -2.38. The van der Waals surface area contributed by atoms with Crippen molar-refractivity contribution in [3.63, 3.8) is 0 Å². The molecule has 1 amide bonds. The van der Waals surface area contributed by atoms with Crippen LogP contribution in [0.5, 0.6) is 11.5 Å². The van der Waals surface area contributed by atoms with Crippen LogP contribution in [0, 0.1) is 0 Å². The Morgan fingerprint density at radius 2 is 1.89 bits per heavy atom. The van der Waals surface area contributed by atoms with Gasteiger partial charge in [-0.3, -0.25) is 4.79 Å². The number of amides is 1. The number of nitrogens with one attached hydrogen (secondary N) is 1. The Kier molecular flexibility index (Phi) is 8.40. The second kappa shape index (κ2) is 10.3. The van der Waals surface area contributed by atoms with E-state index < -0.39 is 0 Å². The van der Waals surface area contributed by atoms with E-state index in [1.54, 1.807) is 14.2 Å². The highest BCUT2D eigenvalue weighted by atomic mass is 35.5. The number of nitrogens with two attached hydrogens (primary N) is 1. The van der Waals surface area contributed by atoms with Gasteiger partial charge in [-0.15, -0.1) is 12.4 Å². The molecule has 1 saturated heterocycles. The lowest BCUT2D eigenvalue weighted by Crippen LogP contribution is -2.45. The second-order valence-corrected chi connectivity index (χ2v) is 7.69. The highest BCUT2D eigenvalue weighted by molar-refractivity contribution is 5.85. The number of rotatable bonds is 7. The zero-order valence-corrected chi connectivity index (χ0v) is 17.7. The van der Waals surface area contributed by atoms with Crippen molar-refractivity contribution in [3.05, 3.63) is 23.8 Å². The molecule has 0 radical (unpaired) electrons. The average Bonchev–Trinajstić information content (AvgIpc) is 3.21. The van der Waals surface area contributed by atoms with Crippen LogP contribution in [0.15, 0.2) is 18.2 Å². The van der Waals surface area contributed by atoms with E-state index in [0.29, 0.717) is 13.1 Å². The SMILES string of the molecule is COc1ccc(C2(CNC(=O)[C@@H]3CC[C@H](CN)O3)CCCCC2)cc1OC.Cl. The molecule has 28 heavy (non-hydrogen) atoms. The minimum atomic E-state index is -0.371. The summed E-state index contributed by atoms with van der Waals surface area (Å²) in [5, 5.41) is 3.17. The molecule has 1 aromatic rings. The van der Waals surface area contributed by atoms with Crippen LogP contribution >= 0.6 is 12.4 Å². The monoisotopic (exact) mass is 412 g/mol. The number of hydrogen-bond acceptors (Lipinski definition) is 5. The lowest BCUT2D eigenvalue weighted by atomic mass is 9.69. The van der Waals surface area contributed by atoms with Crippen LogP contribution in [0.4, 0.5) is 0 Å². The summed E-state index contributed by atoms with van der Waals surface area (Å²) in [6, 6.07) is 6.13. The maximum absolute atomic E-state index is 12.6. The van der Waals surface area contributed by atoms with Gasteiger partial charge < -0.3 is 25.3 Å². The first-order valence-electron chi connectivity index (χ1n) is 9.97. The van der Waals surface area contributed by atoms with Gasteiger partial charge in [-0.2, -0.15) is 0 Å². The average molecular weight is 413 g/mol. The summed E-state index contributed by atoms with van der Waals surface area (Å²) >= 11 is 0. The van der Waals surface area contributed by atoms with Crippen molar-refractivity contribution in [1.29, 1.82) is 0 Å². The van der Waals surface area contributed by atoms with Gasteiger partial charge in [0, 0.05) is 18.5 Å². The molecule has 1 aliphatic heterocycles. The number of carbonyl (C=O) groups is 1. The van der Waals surface area contributed by atoms with Gasteiger partial charge in [-0.25, -0.2) is 0 Å². The van der Waals surface area contributed by atoms with E-state index in [1.807, 2.05) is 6.07 Å². The van der Waals surface area contributed by atoms with Gasteiger partial charge in [0.2, 0.25) is 5.91 Å². The van der Waals surface area contributed by atoms with Gasteiger partial charge in [0.05, 0.1) is 20.3 Å². The maximum atomic E-state index is 12.6. The van der Waals surface area contributed by atoms with Gasteiger partial charge in [0.1, 0.15) is 6.10 Å². The van der Waals surface area contributed by atoms with Gasteiger partial charge in [-0.05, 0) is 43.4 Å². The molecule has 0 unspecified atom stereocenters.